The Hall–Kier alpha value is -8.18. The van der Waals surface area contributed by atoms with E-state index in [-0.39, 0.29) is 0 Å². The summed E-state index contributed by atoms with van der Waals surface area (Å²) < 4.78 is 16.7. The van der Waals surface area contributed by atoms with Crippen molar-refractivity contribution in [2.45, 2.75) is 5.41 Å². The predicted octanol–water partition coefficient (Wildman–Crippen LogP) is 17.2. The van der Waals surface area contributed by atoms with Crippen molar-refractivity contribution in [3.63, 3.8) is 0 Å². The fourth-order valence-corrected chi connectivity index (χ4v) is 12.1. The monoisotopic (exact) mass is 847 g/mol. The van der Waals surface area contributed by atoms with Gasteiger partial charge in [0.05, 0.1) is 27.9 Å². The highest BCUT2D eigenvalue weighted by atomic mass is 32.1. The van der Waals surface area contributed by atoms with Gasteiger partial charge in [0, 0.05) is 36.7 Å². The van der Waals surface area contributed by atoms with E-state index in [1.165, 1.54) is 53.6 Å². The third-order valence-corrected chi connectivity index (χ3v) is 14.9. The molecule has 0 bridgehead atoms. The van der Waals surface area contributed by atoms with Gasteiger partial charge in [0.1, 0.15) is 16.9 Å². The third-order valence-electron chi connectivity index (χ3n) is 13.7. The lowest BCUT2D eigenvalue weighted by atomic mass is 9.66. The highest BCUT2D eigenvalue weighted by Crippen LogP contribution is 2.64. The van der Waals surface area contributed by atoms with Crippen LogP contribution < -0.4 is 9.64 Å². The van der Waals surface area contributed by atoms with Crippen LogP contribution in [0.5, 0.6) is 11.5 Å². The number of hydrogen-bond acceptors (Lipinski definition) is 4. The van der Waals surface area contributed by atoms with Crippen LogP contribution in [0.25, 0.3) is 75.5 Å². The van der Waals surface area contributed by atoms with Crippen molar-refractivity contribution in [3.8, 4) is 44.9 Å². The zero-order valence-electron chi connectivity index (χ0n) is 35.0. The van der Waals surface area contributed by atoms with Crippen LogP contribution in [-0.2, 0) is 5.41 Å². The van der Waals surface area contributed by atoms with Gasteiger partial charge in [-0.2, -0.15) is 0 Å². The van der Waals surface area contributed by atoms with Crippen LogP contribution in [-0.4, -0.2) is 0 Å². The van der Waals surface area contributed by atoms with Crippen LogP contribution in [0, 0.1) is 0 Å². The summed E-state index contributed by atoms with van der Waals surface area (Å²) in [6, 6.07) is 81.2. The molecular weight excluding hydrogens is 811 g/mol. The largest absolute Gasteiger partial charge is 0.456 e. The second-order valence-corrected chi connectivity index (χ2v) is 18.2. The van der Waals surface area contributed by atoms with E-state index in [0.29, 0.717) is 0 Å². The lowest BCUT2D eigenvalue weighted by Gasteiger charge is -2.41. The maximum atomic E-state index is 7.39. The van der Waals surface area contributed by atoms with E-state index in [2.05, 4.69) is 229 Å². The molecule has 0 saturated heterocycles. The molecule has 2 aromatic heterocycles. The van der Waals surface area contributed by atoms with Gasteiger partial charge in [-0.05, 0) is 105 Å². The highest BCUT2D eigenvalue weighted by molar-refractivity contribution is 7.26. The smallest absolute Gasteiger partial charge is 0.156 e. The minimum atomic E-state index is -0.618. The summed E-state index contributed by atoms with van der Waals surface area (Å²) in [5.41, 5.74) is 16.0. The van der Waals surface area contributed by atoms with E-state index in [9.17, 15) is 0 Å². The summed E-state index contributed by atoms with van der Waals surface area (Å²) in [5.74, 6) is 1.68. The molecule has 304 valence electrons. The first-order valence-corrected chi connectivity index (χ1v) is 23.0. The molecule has 4 heteroatoms. The van der Waals surface area contributed by atoms with Crippen molar-refractivity contribution in [1.82, 2.24) is 0 Å². The van der Waals surface area contributed by atoms with E-state index in [0.717, 1.165) is 72.8 Å². The molecule has 2 aliphatic rings. The molecule has 0 fully saturated rings. The Morgan fingerprint density at radius 1 is 0.369 bits per heavy atom. The maximum Gasteiger partial charge on any atom is 0.156 e. The minimum Gasteiger partial charge on any atom is -0.456 e. The highest BCUT2D eigenvalue weighted by Gasteiger charge is 2.51. The molecule has 10 aromatic carbocycles. The normalized spacial score (nSPS) is 13.2. The van der Waals surface area contributed by atoms with Crippen molar-refractivity contribution in [1.29, 1.82) is 0 Å². The molecule has 0 unspecified atom stereocenters. The van der Waals surface area contributed by atoms with Gasteiger partial charge in [-0.1, -0.05) is 164 Å². The Morgan fingerprint density at radius 3 is 1.71 bits per heavy atom. The molecule has 65 heavy (non-hydrogen) atoms. The first-order valence-electron chi connectivity index (χ1n) is 22.2. The number of furan rings is 1. The molecule has 14 rings (SSSR count). The number of ether oxygens (including phenoxy) is 1. The number of para-hydroxylation sites is 2. The molecule has 3 heterocycles. The Morgan fingerprint density at radius 2 is 0.954 bits per heavy atom. The van der Waals surface area contributed by atoms with Crippen LogP contribution in [0.15, 0.2) is 229 Å². The zero-order valence-corrected chi connectivity index (χ0v) is 35.9. The maximum absolute atomic E-state index is 7.39. The van der Waals surface area contributed by atoms with Crippen LogP contribution >= 0.6 is 11.3 Å². The van der Waals surface area contributed by atoms with Crippen LogP contribution in [0.4, 0.5) is 17.1 Å². The molecule has 0 amide bonds. The average molecular weight is 848 g/mol. The molecule has 1 aliphatic heterocycles. The number of nitrogens with zero attached hydrogens (tertiary/aromatic N) is 1. The molecule has 0 radical (unpaired) electrons. The van der Waals surface area contributed by atoms with Crippen molar-refractivity contribution in [3.05, 3.63) is 247 Å². The van der Waals surface area contributed by atoms with Crippen LogP contribution in [0.2, 0.25) is 0 Å². The molecule has 12 aromatic rings. The number of thiophene rings is 1. The second-order valence-electron chi connectivity index (χ2n) is 17.1. The van der Waals surface area contributed by atoms with Gasteiger partial charge in [-0.25, -0.2) is 0 Å². The van der Waals surface area contributed by atoms with Gasteiger partial charge >= 0.3 is 0 Å². The third kappa shape index (κ3) is 5.17. The van der Waals surface area contributed by atoms with E-state index >= 15 is 0 Å². The SMILES string of the molecule is c1ccc(-c2ccc3c(c2)oc2cccc(N(c4cccc5c4Oc4ccccc4C54c5ccccc5-c5ccccc54)c4cccc5sc6ccc(-c7ccccc7)cc6c45)c23)cc1. The average Bonchev–Trinajstić information content (AvgIpc) is 4.04. The van der Waals surface area contributed by atoms with Crippen LogP contribution in [0.3, 0.4) is 0 Å². The summed E-state index contributed by atoms with van der Waals surface area (Å²) in [6.45, 7) is 0. The van der Waals surface area contributed by atoms with E-state index in [1.54, 1.807) is 0 Å². The summed E-state index contributed by atoms with van der Waals surface area (Å²) in [7, 11) is 0. The van der Waals surface area contributed by atoms with E-state index < -0.39 is 5.41 Å². The van der Waals surface area contributed by atoms with Crippen molar-refractivity contribution in [2.24, 2.45) is 0 Å². The van der Waals surface area contributed by atoms with E-state index in [1.807, 2.05) is 11.3 Å². The second kappa shape index (κ2) is 13.9. The van der Waals surface area contributed by atoms with Gasteiger partial charge in [0.25, 0.3) is 0 Å². The Kier molecular flexibility index (Phi) is 7.77. The number of hydrogen-bond donors (Lipinski definition) is 0. The predicted molar refractivity (Wildman–Crippen MR) is 270 cm³/mol. The van der Waals surface area contributed by atoms with Gasteiger partial charge in [0.15, 0.2) is 5.75 Å². The molecule has 0 N–H and O–H groups in total. The Balaban J connectivity index is 1.09. The molecule has 0 atom stereocenters. The summed E-state index contributed by atoms with van der Waals surface area (Å²) in [4.78, 5) is 2.46. The van der Waals surface area contributed by atoms with Gasteiger partial charge in [-0.3, -0.25) is 0 Å². The molecule has 1 spiro atoms. The first kappa shape index (κ1) is 36.3. The fourth-order valence-electron chi connectivity index (χ4n) is 11.0. The lowest BCUT2D eigenvalue weighted by Crippen LogP contribution is -2.32. The number of fused-ring (bicyclic) bond motifs is 15. The quantitative estimate of drug-likeness (QED) is 0.173. The summed E-state index contributed by atoms with van der Waals surface area (Å²) in [5, 5.41) is 4.51. The van der Waals surface area contributed by atoms with Crippen molar-refractivity contribution in [2.75, 3.05) is 4.90 Å². The number of benzene rings is 10. The zero-order chi connectivity index (χ0) is 42.6. The molecule has 3 nitrogen and oxygen atoms in total. The first-order chi connectivity index (χ1) is 32.2. The minimum absolute atomic E-state index is 0.618. The van der Waals surface area contributed by atoms with E-state index in [4.69, 9.17) is 9.15 Å². The van der Waals surface area contributed by atoms with Crippen LogP contribution in [0.1, 0.15) is 22.3 Å². The van der Waals surface area contributed by atoms with Gasteiger partial charge < -0.3 is 14.1 Å². The molecule has 1 aliphatic carbocycles. The topological polar surface area (TPSA) is 25.6 Å². The van der Waals surface area contributed by atoms with Gasteiger partial charge in [-0.15, -0.1) is 11.3 Å². The Bertz CT molecular complexity index is 3840. The van der Waals surface area contributed by atoms with Crippen molar-refractivity contribution >= 4 is 70.5 Å². The van der Waals surface area contributed by atoms with Crippen molar-refractivity contribution < 1.29 is 9.15 Å². The lowest BCUT2D eigenvalue weighted by molar-refractivity contribution is 0.437. The Labute approximate surface area is 379 Å². The molecular formula is C61H37NO2S. The molecule has 0 saturated carbocycles. The standard InChI is InChI=1S/C61H37NO2S/c1-3-16-38(17-4-1)40-33-35-56-45(36-40)59-51(27-15-31-57(59)65-56)62(50-26-14-30-54-58(50)44-34-32-41(37-55(44)63-54)39-18-5-2-6-19-39)52-28-13-25-49-60(52)64-53-29-12-11-24-48(53)61(49)46-22-9-7-20-42(46)43-21-8-10-23-47(43)61/h1-37H. The number of anilines is 3. The summed E-state index contributed by atoms with van der Waals surface area (Å²) >= 11 is 1.84. The fraction of sp³-hybridized carbons (Fsp3) is 0.0164. The summed E-state index contributed by atoms with van der Waals surface area (Å²) in [6.07, 6.45) is 0. The van der Waals surface area contributed by atoms with Gasteiger partial charge in [0.2, 0.25) is 0 Å². The number of rotatable bonds is 5.